The number of thiol groups is 1. The summed E-state index contributed by atoms with van der Waals surface area (Å²) in [4.78, 5) is 2.69. The van der Waals surface area contributed by atoms with E-state index in [9.17, 15) is 0 Å². The van der Waals surface area contributed by atoms with Crippen molar-refractivity contribution in [1.29, 1.82) is 0 Å². The van der Waals surface area contributed by atoms with Crippen LogP contribution >= 0.6 is 12.6 Å². The van der Waals surface area contributed by atoms with Crippen molar-refractivity contribution in [2.45, 2.75) is 58.4 Å². The number of hydrogen-bond donors (Lipinski definition) is 1. The monoisotopic (exact) mass is 229 g/mol. The van der Waals surface area contributed by atoms with E-state index in [4.69, 9.17) is 0 Å². The van der Waals surface area contributed by atoms with E-state index >= 15 is 0 Å². The minimum absolute atomic E-state index is 0.825. The molecule has 1 aliphatic rings. The number of hydrogen-bond acceptors (Lipinski definition) is 2. The van der Waals surface area contributed by atoms with Crippen molar-refractivity contribution in [3.63, 3.8) is 0 Å². The van der Waals surface area contributed by atoms with Gasteiger partial charge in [-0.15, -0.1) is 0 Å². The van der Waals surface area contributed by atoms with Crippen LogP contribution in [0.25, 0.3) is 0 Å². The van der Waals surface area contributed by atoms with Gasteiger partial charge in [-0.05, 0) is 50.8 Å². The summed E-state index contributed by atoms with van der Waals surface area (Å²) < 4.78 is 0. The Bertz CT molecular complexity index is 161. The molecule has 1 heterocycles. The van der Waals surface area contributed by atoms with Gasteiger partial charge in [0.2, 0.25) is 0 Å². The third-order valence-corrected chi connectivity index (χ3v) is 3.92. The molecular formula is C13H27NS. The molecule has 0 amide bonds. The average Bonchev–Trinajstić information content (AvgIpc) is 2.23. The zero-order chi connectivity index (χ0) is 11.1. The molecule has 1 fully saturated rings. The van der Waals surface area contributed by atoms with Gasteiger partial charge in [0, 0.05) is 12.6 Å². The van der Waals surface area contributed by atoms with E-state index < -0.39 is 0 Å². The van der Waals surface area contributed by atoms with Crippen molar-refractivity contribution in [3.05, 3.63) is 0 Å². The highest BCUT2D eigenvalue weighted by atomic mass is 32.1. The van der Waals surface area contributed by atoms with Crippen LogP contribution in [0.2, 0.25) is 0 Å². The van der Waals surface area contributed by atoms with Crippen LogP contribution in [0.15, 0.2) is 0 Å². The smallest absolute Gasteiger partial charge is 0.00671 e. The first-order chi connectivity index (χ1) is 7.24. The molecule has 2 atom stereocenters. The fourth-order valence-electron chi connectivity index (χ4n) is 2.47. The Hall–Kier alpha value is 0.310. The van der Waals surface area contributed by atoms with Gasteiger partial charge in [0.1, 0.15) is 0 Å². The van der Waals surface area contributed by atoms with E-state index in [-0.39, 0.29) is 0 Å². The van der Waals surface area contributed by atoms with Gasteiger partial charge in [0.05, 0.1) is 0 Å². The maximum Gasteiger partial charge on any atom is 0.00671 e. The molecule has 1 aliphatic heterocycles. The zero-order valence-corrected chi connectivity index (χ0v) is 11.3. The van der Waals surface area contributed by atoms with Crippen molar-refractivity contribution < 1.29 is 0 Å². The first-order valence-corrected chi connectivity index (χ1v) is 7.22. The van der Waals surface area contributed by atoms with E-state index in [1.165, 1.54) is 51.6 Å². The fraction of sp³-hybridized carbons (Fsp3) is 1.00. The molecule has 1 nitrogen and oxygen atoms in total. The number of rotatable bonds is 6. The van der Waals surface area contributed by atoms with Crippen LogP contribution in [0.5, 0.6) is 0 Å². The van der Waals surface area contributed by atoms with Crippen molar-refractivity contribution in [2.24, 2.45) is 5.92 Å². The quantitative estimate of drug-likeness (QED) is 0.538. The molecule has 0 radical (unpaired) electrons. The third kappa shape index (κ3) is 5.26. The van der Waals surface area contributed by atoms with Crippen LogP contribution in [0.1, 0.15) is 52.4 Å². The summed E-state index contributed by atoms with van der Waals surface area (Å²) in [6.07, 6.45) is 8.24. The SMILES string of the molecule is CC1CCC(C)N(CCCCCCS)C1. The molecule has 15 heavy (non-hydrogen) atoms. The standard InChI is InChI=1S/C13H27NS/c1-12-7-8-13(2)14(11-12)9-5-3-4-6-10-15/h12-13,15H,3-11H2,1-2H3. The lowest BCUT2D eigenvalue weighted by atomic mass is 9.95. The molecule has 1 saturated heterocycles. The summed E-state index contributed by atoms with van der Waals surface area (Å²) in [5.74, 6) is 1.97. The summed E-state index contributed by atoms with van der Waals surface area (Å²) in [7, 11) is 0. The first kappa shape index (κ1) is 13.4. The van der Waals surface area contributed by atoms with Crippen LogP contribution in [0.3, 0.4) is 0 Å². The Morgan fingerprint density at radius 1 is 1.07 bits per heavy atom. The summed E-state index contributed by atoms with van der Waals surface area (Å²) in [6, 6.07) is 0.825. The van der Waals surface area contributed by atoms with Crippen LogP contribution in [-0.4, -0.2) is 29.8 Å². The van der Waals surface area contributed by atoms with Gasteiger partial charge >= 0.3 is 0 Å². The predicted molar refractivity (Wildman–Crippen MR) is 71.8 cm³/mol. The summed E-state index contributed by atoms with van der Waals surface area (Å²) in [5.41, 5.74) is 0. The lowest BCUT2D eigenvalue weighted by Crippen LogP contribution is -2.41. The lowest BCUT2D eigenvalue weighted by Gasteiger charge is -2.36. The van der Waals surface area contributed by atoms with Crippen LogP contribution in [-0.2, 0) is 0 Å². The Balaban J connectivity index is 2.08. The molecule has 2 heteroatoms. The fourth-order valence-corrected chi connectivity index (χ4v) is 2.70. The van der Waals surface area contributed by atoms with Crippen molar-refractivity contribution in [3.8, 4) is 0 Å². The highest BCUT2D eigenvalue weighted by Gasteiger charge is 2.21. The second kappa shape index (κ2) is 7.56. The third-order valence-electron chi connectivity index (χ3n) is 3.60. The minimum Gasteiger partial charge on any atom is -0.300 e. The molecule has 1 rings (SSSR count). The molecular weight excluding hydrogens is 202 g/mol. The zero-order valence-electron chi connectivity index (χ0n) is 10.4. The molecule has 0 saturated carbocycles. The summed E-state index contributed by atoms with van der Waals surface area (Å²) in [5, 5.41) is 0. The van der Waals surface area contributed by atoms with Gasteiger partial charge in [-0.2, -0.15) is 12.6 Å². The van der Waals surface area contributed by atoms with E-state index in [1.54, 1.807) is 0 Å². The van der Waals surface area contributed by atoms with Crippen LogP contribution in [0, 0.1) is 5.92 Å². The second-order valence-electron chi connectivity index (χ2n) is 5.16. The predicted octanol–water partition coefficient (Wildman–Crippen LogP) is 3.60. The molecule has 0 aromatic heterocycles. The van der Waals surface area contributed by atoms with Crippen molar-refractivity contribution in [1.82, 2.24) is 4.90 Å². The highest BCUT2D eigenvalue weighted by Crippen LogP contribution is 2.21. The molecule has 0 N–H and O–H groups in total. The van der Waals surface area contributed by atoms with Gasteiger partial charge in [0.25, 0.3) is 0 Å². The molecule has 0 aliphatic carbocycles. The van der Waals surface area contributed by atoms with E-state index in [0.29, 0.717) is 0 Å². The second-order valence-corrected chi connectivity index (χ2v) is 5.61. The van der Waals surface area contributed by atoms with Gasteiger partial charge in [-0.1, -0.05) is 19.8 Å². The van der Waals surface area contributed by atoms with Gasteiger partial charge in [-0.3, -0.25) is 0 Å². The molecule has 0 aromatic carbocycles. The molecule has 90 valence electrons. The Morgan fingerprint density at radius 3 is 2.53 bits per heavy atom. The summed E-state index contributed by atoms with van der Waals surface area (Å²) in [6.45, 7) is 7.42. The van der Waals surface area contributed by atoms with Crippen molar-refractivity contribution in [2.75, 3.05) is 18.8 Å². The largest absolute Gasteiger partial charge is 0.300 e. The number of likely N-dealkylation sites (tertiary alicyclic amines) is 1. The molecule has 0 bridgehead atoms. The van der Waals surface area contributed by atoms with E-state index in [2.05, 4.69) is 31.4 Å². The van der Waals surface area contributed by atoms with Crippen molar-refractivity contribution >= 4 is 12.6 Å². The van der Waals surface area contributed by atoms with Gasteiger partial charge < -0.3 is 4.90 Å². The topological polar surface area (TPSA) is 3.24 Å². The normalized spacial score (nSPS) is 28.2. The minimum atomic E-state index is 0.825. The highest BCUT2D eigenvalue weighted by molar-refractivity contribution is 7.80. The molecule has 0 spiro atoms. The first-order valence-electron chi connectivity index (χ1n) is 6.59. The molecule has 0 aromatic rings. The average molecular weight is 229 g/mol. The number of unbranched alkanes of at least 4 members (excludes halogenated alkanes) is 3. The lowest BCUT2D eigenvalue weighted by molar-refractivity contribution is 0.122. The Kier molecular flexibility index (Phi) is 6.74. The number of nitrogens with zero attached hydrogens (tertiary/aromatic N) is 1. The summed E-state index contributed by atoms with van der Waals surface area (Å²) >= 11 is 4.24. The van der Waals surface area contributed by atoms with E-state index in [0.717, 1.165) is 17.7 Å². The molecule has 2 unspecified atom stereocenters. The van der Waals surface area contributed by atoms with E-state index in [1.807, 2.05) is 0 Å². The Labute approximate surface area is 101 Å². The number of piperidine rings is 1. The van der Waals surface area contributed by atoms with Gasteiger partial charge in [-0.25, -0.2) is 0 Å². The maximum absolute atomic E-state index is 4.24. The van der Waals surface area contributed by atoms with Gasteiger partial charge in [0.15, 0.2) is 0 Å². The maximum atomic E-state index is 4.24. The van der Waals surface area contributed by atoms with Crippen LogP contribution < -0.4 is 0 Å². The van der Waals surface area contributed by atoms with Crippen LogP contribution in [0.4, 0.5) is 0 Å². The Morgan fingerprint density at radius 2 is 1.80 bits per heavy atom.